The van der Waals surface area contributed by atoms with Gasteiger partial charge in [-0.25, -0.2) is 4.39 Å². The van der Waals surface area contributed by atoms with Crippen molar-refractivity contribution in [3.05, 3.63) is 91.7 Å². The minimum Gasteiger partial charge on any atom is -0.495 e. The summed E-state index contributed by atoms with van der Waals surface area (Å²) < 4.78 is 31.1. The Balaban J connectivity index is 1.89. The number of benzene rings is 3. The van der Waals surface area contributed by atoms with Crippen LogP contribution in [0.3, 0.4) is 0 Å². The molecule has 3 rings (SSSR count). The van der Waals surface area contributed by atoms with Crippen LogP contribution < -0.4 is 19.5 Å². The molecule has 0 aliphatic rings. The van der Waals surface area contributed by atoms with Crippen LogP contribution in [0, 0.1) is 27.3 Å². The number of amides is 1. The highest BCUT2D eigenvalue weighted by Gasteiger charge is 2.18. The number of non-ortho nitro benzene ring substituents is 1. The number of rotatable bonds is 10. The largest absolute Gasteiger partial charge is 0.495 e. The van der Waals surface area contributed by atoms with Crippen LogP contribution in [0.2, 0.25) is 0 Å². The molecule has 0 unspecified atom stereocenters. The van der Waals surface area contributed by atoms with E-state index in [1.165, 1.54) is 31.4 Å². The predicted octanol–water partition coefficient (Wildman–Crippen LogP) is 6.03. The highest BCUT2D eigenvalue weighted by molar-refractivity contribution is 9.10. The summed E-state index contributed by atoms with van der Waals surface area (Å²) in [7, 11) is 1.35. The summed E-state index contributed by atoms with van der Waals surface area (Å²) in [6.45, 7) is 2.03. The maximum Gasteiger partial charge on any atom is 0.271 e. The third-order valence-corrected chi connectivity index (χ3v) is 5.57. The fourth-order valence-corrected chi connectivity index (χ4v) is 3.83. The molecule has 1 N–H and O–H groups in total. The van der Waals surface area contributed by atoms with E-state index in [4.69, 9.17) is 14.2 Å². The summed E-state index contributed by atoms with van der Waals surface area (Å²) in [5.74, 6) is -0.366. The average Bonchev–Trinajstić information content (AvgIpc) is 2.87. The van der Waals surface area contributed by atoms with Gasteiger partial charge in [-0.05, 0) is 58.8 Å². The number of hydrogen-bond acceptors (Lipinski definition) is 7. The van der Waals surface area contributed by atoms with Gasteiger partial charge in [-0.2, -0.15) is 5.26 Å². The minimum atomic E-state index is -0.796. The zero-order valence-electron chi connectivity index (χ0n) is 19.8. The number of methoxy groups -OCH3 is 1. The van der Waals surface area contributed by atoms with Crippen molar-refractivity contribution in [1.29, 1.82) is 5.26 Å². The monoisotopic (exact) mass is 569 g/mol. The van der Waals surface area contributed by atoms with E-state index in [0.29, 0.717) is 33.7 Å². The molecule has 0 aliphatic heterocycles. The van der Waals surface area contributed by atoms with E-state index in [1.54, 1.807) is 37.3 Å². The molecule has 0 spiro atoms. The molecule has 0 heterocycles. The van der Waals surface area contributed by atoms with Crippen molar-refractivity contribution in [3.63, 3.8) is 0 Å². The van der Waals surface area contributed by atoms with Gasteiger partial charge in [0.2, 0.25) is 0 Å². The smallest absolute Gasteiger partial charge is 0.271 e. The standard InChI is InChI=1S/C26H21BrFN3O6/c1-3-36-24-12-16(11-20(27)25(24)37-15-17-6-4-5-7-21(17)28)10-18(14-29)26(32)30-22-13-19(31(33)34)8-9-23(22)35-2/h4-13H,3,15H2,1-2H3,(H,30,32)/b18-10+. The minimum absolute atomic E-state index is 0.0379. The molecule has 0 saturated heterocycles. The normalized spacial score (nSPS) is 10.8. The van der Waals surface area contributed by atoms with E-state index in [0.717, 1.165) is 6.07 Å². The van der Waals surface area contributed by atoms with Crippen molar-refractivity contribution in [2.75, 3.05) is 19.0 Å². The first-order chi connectivity index (χ1) is 17.8. The lowest BCUT2D eigenvalue weighted by Crippen LogP contribution is -2.14. The SMILES string of the molecule is CCOc1cc(/C=C(\C#N)C(=O)Nc2cc([N+](=O)[O-])ccc2OC)cc(Br)c1OCc1ccccc1F. The summed E-state index contributed by atoms with van der Waals surface area (Å²) in [6.07, 6.45) is 1.33. The Morgan fingerprint density at radius 1 is 1.19 bits per heavy atom. The summed E-state index contributed by atoms with van der Waals surface area (Å²) in [5, 5.41) is 23.2. The maximum absolute atomic E-state index is 14.0. The fraction of sp³-hybridized carbons (Fsp3) is 0.154. The Morgan fingerprint density at radius 2 is 1.95 bits per heavy atom. The summed E-state index contributed by atoms with van der Waals surface area (Å²) in [5.41, 5.74) is 0.306. The molecule has 3 aromatic carbocycles. The second-order valence-electron chi connectivity index (χ2n) is 7.41. The van der Waals surface area contributed by atoms with Crippen LogP contribution in [-0.2, 0) is 11.4 Å². The third-order valence-electron chi connectivity index (χ3n) is 4.98. The van der Waals surface area contributed by atoms with Crippen LogP contribution in [0.25, 0.3) is 6.08 Å². The number of nitriles is 1. The van der Waals surface area contributed by atoms with E-state index in [-0.39, 0.29) is 29.3 Å². The Bertz CT molecular complexity index is 1400. The summed E-state index contributed by atoms with van der Waals surface area (Å²) in [4.78, 5) is 23.3. The maximum atomic E-state index is 14.0. The van der Waals surface area contributed by atoms with Crippen molar-refractivity contribution < 1.29 is 28.3 Å². The van der Waals surface area contributed by atoms with Crippen LogP contribution in [0.5, 0.6) is 17.2 Å². The van der Waals surface area contributed by atoms with E-state index >= 15 is 0 Å². The Kier molecular flexibility index (Phi) is 9.18. The highest BCUT2D eigenvalue weighted by Crippen LogP contribution is 2.38. The van der Waals surface area contributed by atoms with Gasteiger partial charge < -0.3 is 19.5 Å². The van der Waals surface area contributed by atoms with E-state index in [2.05, 4.69) is 21.2 Å². The molecule has 0 fully saturated rings. The second-order valence-corrected chi connectivity index (χ2v) is 8.26. The Morgan fingerprint density at radius 3 is 2.59 bits per heavy atom. The molecular formula is C26H21BrFN3O6. The van der Waals surface area contributed by atoms with Crippen LogP contribution in [0.4, 0.5) is 15.8 Å². The average molecular weight is 570 g/mol. The topological polar surface area (TPSA) is 124 Å². The third kappa shape index (κ3) is 6.83. The van der Waals surface area contributed by atoms with E-state index in [1.807, 2.05) is 6.07 Å². The Labute approximate surface area is 220 Å². The molecule has 9 nitrogen and oxygen atoms in total. The van der Waals surface area contributed by atoms with Crippen molar-refractivity contribution in [2.24, 2.45) is 0 Å². The molecule has 1 amide bonds. The van der Waals surface area contributed by atoms with Gasteiger partial charge in [0, 0.05) is 17.7 Å². The van der Waals surface area contributed by atoms with Gasteiger partial charge in [-0.1, -0.05) is 18.2 Å². The number of hydrogen-bond donors (Lipinski definition) is 1. The number of ether oxygens (including phenoxy) is 3. The lowest BCUT2D eigenvalue weighted by atomic mass is 10.1. The number of nitrogens with zero attached hydrogens (tertiary/aromatic N) is 2. The van der Waals surface area contributed by atoms with Crippen molar-refractivity contribution in [1.82, 2.24) is 0 Å². The Hall–Kier alpha value is -4.43. The lowest BCUT2D eigenvalue weighted by molar-refractivity contribution is -0.384. The molecule has 0 saturated carbocycles. The molecular weight excluding hydrogens is 549 g/mol. The quantitative estimate of drug-likeness (QED) is 0.137. The van der Waals surface area contributed by atoms with Gasteiger partial charge in [0.25, 0.3) is 11.6 Å². The van der Waals surface area contributed by atoms with Crippen LogP contribution in [0.1, 0.15) is 18.1 Å². The van der Waals surface area contributed by atoms with Gasteiger partial charge in [-0.15, -0.1) is 0 Å². The zero-order chi connectivity index (χ0) is 26.9. The molecule has 0 atom stereocenters. The highest BCUT2D eigenvalue weighted by atomic mass is 79.9. The van der Waals surface area contributed by atoms with Gasteiger partial charge in [0.15, 0.2) is 11.5 Å². The number of halogens is 2. The van der Waals surface area contributed by atoms with E-state index < -0.39 is 16.6 Å². The van der Waals surface area contributed by atoms with Crippen molar-refractivity contribution >= 4 is 39.3 Å². The first kappa shape index (κ1) is 27.2. The van der Waals surface area contributed by atoms with Crippen LogP contribution >= 0.6 is 15.9 Å². The molecule has 37 heavy (non-hydrogen) atoms. The van der Waals surface area contributed by atoms with Gasteiger partial charge in [-0.3, -0.25) is 14.9 Å². The number of anilines is 1. The molecule has 0 aromatic heterocycles. The van der Waals surface area contributed by atoms with Crippen molar-refractivity contribution in [3.8, 4) is 23.3 Å². The predicted molar refractivity (Wildman–Crippen MR) is 138 cm³/mol. The number of nitrogens with one attached hydrogen (secondary N) is 1. The number of nitro groups is 1. The second kappa shape index (κ2) is 12.5. The summed E-state index contributed by atoms with van der Waals surface area (Å²) >= 11 is 3.41. The molecule has 0 radical (unpaired) electrons. The van der Waals surface area contributed by atoms with Crippen LogP contribution in [0.15, 0.2) is 64.6 Å². The molecule has 190 valence electrons. The summed E-state index contributed by atoms with van der Waals surface area (Å²) in [6, 6.07) is 14.9. The number of carbonyl (C=O) groups is 1. The number of nitro benzene ring substituents is 1. The molecule has 11 heteroatoms. The lowest BCUT2D eigenvalue weighted by Gasteiger charge is -2.15. The zero-order valence-corrected chi connectivity index (χ0v) is 21.4. The first-order valence-corrected chi connectivity index (χ1v) is 11.6. The molecule has 0 bridgehead atoms. The van der Waals surface area contributed by atoms with Gasteiger partial charge in [0.05, 0.1) is 28.8 Å². The van der Waals surface area contributed by atoms with Gasteiger partial charge >= 0.3 is 0 Å². The van der Waals surface area contributed by atoms with Gasteiger partial charge in [0.1, 0.15) is 29.8 Å². The molecule has 0 aliphatic carbocycles. The van der Waals surface area contributed by atoms with E-state index in [9.17, 15) is 24.6 Å². The molecule has 3 aromatic rings. The van der Waals surface area contributed by atoms with Crippen LogP contribution in [-0.4, -0.2) is 24.5 Å². The first-order valence-electron chi connectivity index (χ1n) is 10.9. The number of carbonyl (C=O) groups excluding carboxylic acids is 1. The van der Waals surface area contributed by atoms with Crippen molar-refractivity contribution in [2.45, 2.75) is 13.5 Å². The fourth-order valence-electron chi connectivity index (χ4n) is 3.25.